The van der Waals surface area contributed by atoms with Gasteiger partial charge in [-0.15, -0.1) is 0 Å². The Morgan fingerprint density at radius 2 is 1.91 bits per heavy atom. The second-order valence-corrected chi connectivity index (χ2v) is 6.00. The van der Waals surface area contributed by atoms with E-state index in [9.17, 15) is 9.59 Å². The normalized spacial score (nSPS) is 10.2. The Hall–Kier alpha value is -1.63. The molecule has 114 valence electrons. The van der Waals surface area contributed by atoms with Gasteiger partial charge in [0, 0.05) is 23.3 Å². The van der Waals surface area contributed by atoms with E-state index in [4.69, 9.17) is 23.2 Å². The summed E-state index contributed by atoms with van der Waals surface area (Å²) < 4.78 is 0.633. The van der Waals surface area contributed by atoms with Gasteiger partial charge in [0.1, 0.15) is 5.15 Å². The van der Waals surface area contributed by atoms with Crippen LogP contribution in [0.15, 0.2) is 34.9 Å². The van der Waals surface area contributed by atoms with Gasteiger partial charge in [-0.1, -0.05) is 23.2 Å². The SMILES string of the molecule is CC(=O)Nc1ccc(NC(=O)c2cc(Br)cnc2Cl)c(Cl)c1. The van der Waals surface area contributed by atoms with Crippen LogP contribution in [-0.2, 0) is 4.79 Å². The maximum atomic E-state index is 12.2. The summed E-state index contributed by atoms with van der Waals surface area (Å²) in [7, 11) is 0. The molecule has 1 heterocycles. The second kappa shape index (κ2) is 7.09. The molecule has 5 nitrogen and oxygen atoms in total. The van der Waals surface area contributed by atoms with E-state index in [0.29, 0.717) is 20.9 Å². The van der Waals surface area contributed by atoms with Crippen molar-refractivity contribution in [1.82, 2.24) is 4.98 Å². The predicted octanol–water partition coefficient (Wildman–Crippen LogP) is 4.36. The molecule has 1 aromatic heterocycles. The van der Waals surface area contributed by atoms with E-state index in [1.54, 1.807) is 24.3 Å². The molecule has 0 bridgehead atoms. The fourth-order valence-corrected chi connectivity index (χ4v) is 2.42. The summed E-state index contributed by atoms with van der Waals surface area (Å²) in [4.78, 5) is 27.1. The van der Waals surface area contributed by atoms with E-state index in [1.807, 2.05) is 0 Å². The summed E-state index contributed by atoms with van der Waals surface area (Å²) in [6.07, 6.45) is 1.49. The van der Waals surface area contributed by atoms with E-state index in [0.717, 1.165) is 0 Å². The number of halogens is 3. The molecule has 2 rings (SSSR count). The fourth-order valence-electron chi connectivity index (χ4n) is 1.67. The number of pyridine rings is 1. The minimum Gasteiger partial charge on any atom is -0.326 e. The molecule has 0 unspecified atom stereocenters. The third kappa shape index (κ3) is 4.19. The molecule has 0 spiro atoms. The number of aromatic nitrogens is 1. The molecule has 2 amide bonds. The number of rotatable bonds is 3. The number of amides is 2. The van der Waals surface area contributed by atoms with Crippen LogP contribution in [0.5, 0.6) is 0 Å². The number of anilines is 2. The van der Waals surface area contributed by atoms with Crippen molar-refractivity contribution in [3.8, 4) is 0 Å². The Kier molecular flexibility index (Phi) is 5.39. The van der Waals surface area contributed by atoms with Crippen LogP contribution in [0.3, 0.4) is 0 Å². The number of carbonyl (C=O) groups excluding carboxylic acids is 2. The van der Waals surface area contributed by atoms with Gasteiger partial charge in [-0.05, 0) is 40.2 Å². The highest BCUT2D eigenvalue weighted by atomic mass is 79.9. The lowest BCUT2D eigenvalue weighted by Gasteiger charge is -2.10. The first-order valence-electron chi connectivity index (χ1n) is 6.06. The van der Waals surface area contributed by atoms with Gasteiger partial charge in [0.25, 0.3) is 5.91 Å². The zero-order valence-corrected chi connectivity index (χ0v) is 14.4. The molecule has 0 fully saturated rings. The average molecular weight is 403 g/mol. The third-order valence-corrected chi connectivity index (χ3v) is 3.64. The molecule has 1 aromatic carbocycles. The molecule has 0 aliphatic heterocycles. The minimum atomic E-state index is -0.437. The molecular weight excluding hydrogens is 393 g/mol. The van der Waals surface area contributed by atoms with Crippen LogP contribution >= 0.6 is 39.1 Å². The molecule has 0 saturated carbocycles. The largest absolute Gasteiger partial charge is 0.326 e. The van der Waals surface area contributed by atoms with Gasteiger partial charge in [0.2, 0.25) is 5.91 Å². The van der Waals surface area contributed by atoms with Gasteiger partial charge in [0.15, 0.2) is 0 Å². The smallest absolute Gasteiger partial charge is 0.258 e. The fraction of sp³-hybridized carbons (Fsp3) is 0.0714. The Morgan fingerprint density at radius 3 is 2.55 bits per heavy atom. The van der Waals surface area contributed by atoms with Crippen molar-refractivity contribution in [3.05, 3.63) is 50.7 Å². The van der Waals surface area contributed by atoms with E-state index < -0.39 is 5.91 Å². The van der Waals surface area contributed by atoms with Crippen molar-refractivity contribution in [2.75, 3.05) is 10.6 Å². The topological polar surface area (TPSA) is 71.1 Å². The van der Waals surface area contributed by atoms with E-state index in [1.165, 1.54) is 13.1 Å². The van der Waals surface area contributed by atoms with Crippen LogP contribution in [-0.4, -0.2) is 16.8 Å². The maximum Gasteiger partial charge on any atom is 0.258 e. The molecule has 0 aliphatic rings. The van der Waals surface area contributed by atoms with Crippen LogP contribution < -0.4 is 10.6 Å². The quantitative estimate of drug-likeness (QED) is 0.749. The number of hydrogen-bond acceptors (Lipinski definition) is 3. The van der Waals surface area contributed by atoms with Gasteiger partial charge >= 0.3 is 0 Å². The van der Waals surface area contributed by atoms with Crippen molar-refractivity contribution < 1.29 is 9.59 Å². The van der Waals surface area contributed by atoms with E-state index in [2.05, 4.69) is 31.5 Å². The van der Waals surface area contributed by atoms with Gasteiger partial charge in [-0.2, -0.15) is 0 Å². The Labute approximate surface area is 145 Å². The average Bonchev–Trinajstić information content (AvgIpc) is 2.43. The summed E-state index contributed by atoms with van der Waals surface area (Å²) >= 11 is 15.2. The number of nitrogens with one attached hydrogen (secondary N) is 2. The van der Waals surface area contributed by atoms with Gasteiger partial charge in [-0.25, -0.2) is 4.98 Å². The Bertz CT molecular complexity index is 753. The van der Waals surface area contributed by atoms with Gasteiger partial charge in [0.05, 0.1) is 16.3 Å². The molecule has 8 heteroatoms. The number of carbonyl (C=O) groups is 2. The van der Waals surface area contributed by atoms with Crippen LogP contribution in [0.25, 0.3) is 0 Å². The number of hydrogen-bond donors (Lipinski definition) is 2. The predicted molar refractivity (Wildman–Crippen MR) is 90.7 cm³/mol. The summed E-state index contributed by atoms with van der Waals surface area (Å²) in [5.74, 6) is -0.646. The zero-order chi connectivity index (χ0) is 16.3. The van der Waals surface area contributed by atoms with E-state index >= 15 is 0 Å². The first-order valence-corrected chi connectivity index (χ1v) is 7.61. The van der Waals surface area contributed by atoms with Crippen LogP contribution in [0, 0.1) is 0 Å². The highest BCUT2D eigenvalue weighted by Crippen LogP contribution is 2.27. The highest BCUT2D eigenvalue weighted by molar-refractivity contribution is 9.10. The number of nitrogens with zero attached hydrogens (tertiary/aromatic N) is 1. The highest BCUT2D eigenvalue weighted by Gasteiger charge is 2.14. The van der Waals surface area contributed by atoms with Crippen LogP contribution in [0.4, 0.5) is 11.4 Å². The van der Waals surface area contributed by atoms with Crippen LogP contribution in [0.2, 0.25) is 10.2 Å². The standard InChI is InChI=1S/C14H10BrCl2N3O2/c1-7(21)19-9-2-3-12(11(16)5-9)20-14(22)10-4-8(15)6-18-13(10)17/h2-6H,1H3,(H,19,21)(H,20,22). The third-order valence-electron chi connectivity index (χ3n) is 2.59. The molecule has 0 saturated heterocycles. The van der Waals surface area contributed by atoms with Crippen molar-refractivity contribution in [3.63, 3.8) is 0 Å². The Morgan fingerprint density at radius 1 is 1.18 bits per heavy atom. The lowest BCUT2D eigenvalue weighted by molar-refractivity contribution is -0.114. The second-order valence-electron chi connectivity index (χ2n) is 4.32. The van der Waals surface area contributed by atoms with Crippen molar-refractivity contribution in [2.24, 2.45) is 0 Å². The van der Waals surface area contributed by atoms with Gasteiger partial charge < -0.3 is 10.6 Å². The summed E-state index contributed by atoms with van der Waals surface area (Å²) in [6, 6.07) is 6.32. The molecule has 0 atom stereocenters. The van der Waals surface area contributed by atoms with Crippen molar-refractivity contribution in [2.45, 2.75) is 6.92 Å². The summed E-state index contributed by atoms with van der Waals surface area (Å²) in [5, 5.41) is 5.63. The van der Waals surface area contributed by atoms with Crippen molar-refractivity contribution in [1.29, 1.82) is 0 Å². The minimum absolute atomic E-state index is 0.0895. The first kappa shape index (κ1) is 16.7. The maximum absolute atomic E-state index is 12.2. The van der Waals surface area contributed by atoms with Crippen molar-refractivity contribution >= 4 is 62.3 Å². The molecule has 2 aromatic rings. The lowest BCUT2D eigenvalue weighted by Crippen LogP contribution is -2.13. The zero-order valence-electron chi connectivity index (χ0n) is 11.3. The van der Waals surface area contributed by atoms with E-state index in [-0.39, 0.29) is 16.6 Å². The monoisotopic (exact) mass is 401 g/mol. The molecular formula is C14H10BrCl2N3O2. The summed E-state index contributed by atoms with van der Waals surface area (Å²) in [5.41, 5.74) is 1.16. The molecule has 2 N–H and O–H groups in total. The number of benzene rings is 1. The van der Waals surface area contributed by atoms with Gasteiger partial charge in [-0.3, -0.25) is 9.59 Å². The lowest BCUT2D eigenvalue weighted by atomic mass is 10.2. The summed E-state index contributed by atoms with van der Waals surface area (Å²) in [6.45, 7) is 1.39. The molecule has 22 heavy (non-hydrogen) atoms. The Balaban J connectivity index is 2.21. The molecule has 0 radical (unpaired) electrons. The first-order chi connectivity index (χ1) is 10.4. The molecule has 0 aliphatic carbocycles. The van der Waals surface area contributed by atoms with Crippen LogP contribution in [0.1, 0.15) is 17.3 Å².